The second-order valence-electron chi connectivity index (χ2n) is 5.64. The Hall–Kier alpha value is -2.51. The second kappa shape index (κ2) is 5.04. The molecule has 0 unspecified atom stereocenters. The maximum Gasteiger partial charge on any atom is 0.279 e. The molecule has 1 aliphatic rings. The average Bonchev–Trinajstić information content (AvgIpc) is 3.22. The Morgan fingerprint density at radius 3 is 2.55 bits per heavy atom. The van der Waals surface area contributed by atoms with Crippen LogP contribution in [0.3, 0.4) is 0 Å². The summed E-state index contributed by atoms with van der Waals surface area (Å²) in [5, 5.41) is 14.8. The molecule has 0 saturated heterocycles. The van der Waals surface area contributed by atoms with Gasteiger partial charge in [0.15, 0.2) is 0 Å². The van der Waals surface area contributed by atoms with Gasteiger partial charge in [0.2, 0.25) is 5.95 Å². The molecule has 2 aromatic rings. The van der Waals surface area contributed by atoms with Crippen molar-refractivity contribution in [2.24, 2.45) is 7.05 Å². The second-order valence-corrected chi connectivity index (χ2v) is 5.64. The summed E-state index contributed by atoms with van der Waals surface area (Å²) >= 11 is 0. The number of carbonyl (C=O) groups is 1. The summed E-state index contributed by atoms with van der Waals surface area (Å²) < 4.78 is 3.08. The number of nitrogens with zero attached hydrogens (tertiary/aromatic N) is 5. The molecule has 1 N–H and O–H groups in total. The monoisotopic (exact) mass is 302 g/mol. The molecule has 0 bridgehead atoms. The maximum absolute atomic E-state index is 12.5. The Balaban J connectivity index is 1.98. The van der Waals surface area contributed by atoms with E-state index in [4.69, 9.17) is 0 Å². The summed E-state index contributed by atoms with van der Waals surface area (Å²) in [6.45, 7) is 5.33. The lowest BCUT2D eigenvalue weighted by Gasteiger charge is -2.11. The molecular formula is C14H18N6O2. The van der Waals surface area contributed by atoms with E-state index in [0.29, 0.717) is 23.2 Å². The quantitative estimate of drug-likeness (QED) is 0.908. The average molecular weight is 302 g/mol. The number of hydrogen-bond donors (Lipinski definition) is 1. The first-order valence-corrected chi connectivity index (χ1v) is 7.17. The smallest absolute Gasteiger partial charge is 0.279 e. The SMILES string of the molecule is Cc1nn(C)c(=O)c(C(=O)Nc2nnc(C)n2C2CC2)c1C. The molecule has 1 fully saturated rings. The standard InChI is InChI=1S/C14H18N6O2/c1-7-8(2)18-19(4)13(22)11(7)12(21)15-14-17-16-9(3)20(14)10-5-6-10/h10H,5-6H2,1-4H3,(H,15,17,21). The van der Waals surface area contributed by atoms with Gasteiger partial charge in [-0.1, -0.05) is 0 Å². The van der Waals surface area contributed by atoms with E-state index in [1.54, 1.807) is 13.8 Å². The third kappa shape index (κ3) is 2.30. The van der Waals surface area contributed by atoms with Crippen molar-refractivity contribution in [1.82, 2.24) is 24.5 Å². The maximum atomic E-state index is 12.5. The van der Waals surface area contributed by atoms with Gasteiger partial charge in [0.05, 0.1) is 5.69 Å². The molecular weight excluding hydrogens is 284 g/mol. The molecule has 2 heterocycles. The molecule has 22 heavy (non-hydrogen) atoms. The molecule has 0 spiro atoms. The third-order valence-electron chi connectivity index (χ3n) is 3.96. The van der Waals surface area contributed by atoms with Crippen LogP contribution < -0.4 is 10.9 Å². The van der Waals surface area contributed by atoms with E-state index in [1.807, 2.05) is 11.5 Å². The molecule has 2 aromatic heterocycles. The first kappa shape index (κ1) is 14.4. The first-order chi connectivity index (χ1) is 10.4. The Morgan fingerprint density at radius 1 is 1.23 bits per heavy atom. The highest BCUT2D eigenvalue weighted by atomic mass is 16.2. The van der Waals surface area contributed by atoms with Gasteiger partial charge in [0.25, 0.3) is 11.5 Å². The lowest BCUT2D eigenvalue weighted by atomic mass is 10.1. The zero-order chi connectivity index (χ0) is 16.0. The van der Waals surface area contributed by atoms with Crippen molar-refractivity contribution in [2.45, 2.75) is 39.7 Å². The Labute approximate surface area is 127 Å². The zero-order valence-corrected chi connectivity index (χ0v) is 13.0. The number of amides is 1. The van der Waals surface area contributed by atoms with Crippen LogP contribution in [0, 0.1) is 20.8 Å². The first-order valence-electron chi connectivity index (χ1n) is 7.17. The van der Waals surface area contributed by atoms with E-state index in [-0.39, 0.29) is 5.56 Å². The zero-order valence-electron chi connectivity index (χ0n) is 13.0. The van der Waals surface area contributed by atoms with Gasteiger partial charge in [-0.15, -0.1) is 10.2 Å². The van der Waals surface area contributed by atoms with E-state index in [2.05, 4.69) is 20.6 Å². The highest BCUT2D eigenvalue weighted by molar-refractivity contribution is 6.04. The molecule has 0 aromatic carbocycles. The summed E-state index contributed by atoms with van der Waals surface area (Å²) in [7, 11) is 1.53. The van der Waals surface area contributed by atoms with E-state index in [9.17, 15) is 9.59 Å². The summed E-state index contributed by atoms with van der Waals surface area (Å²) in [5.41, 5.74) is 0.898. The van der Waals surface area contributed by atoms with Gasteiger partial charge < -0.3 is 0 Å². The predicted molar refractivity (Wildman–Crippen MR) is 79.9 cm³/mol. The van der Waals surface area contributed by atoms with Crippen molar-refractivity contribution in [1.29, 1.82) is 0 Å². The van der Waals surface area contributed by atoms with Crippen LogP contribution in [0.4, 0.5) is 5.95 Å². The van der Waals surface area contributed by atoms with E-state index in [0.717, 1.165) is 18.7 Å². The third-order valence-corrected chi connectivity index (χ3v) is 3.96. The van der Waals surface area contributed by atoms with Crippen molar-refractivity contribution >= 4 is 11.9 Å². The fourth-order valence-electron chi connectivity index (χ4n) is 2.50. The number of carbonyl (C=O) groups excluding carboxylic acids is 1. The summed E-state index contributed by atoms with van der Waals surface area (Å²) in [6, 6.07) is 0.341. The summed E-state index contributed by atoms with van der Waals surface area (Å²) in [5.74, 6) is 0.673. The highest BCUT2D eigenvalue weighted by Crippen LogP contribution is 2.37. The summed E-state index contributed by atoms with van der Waals surface area (Å²) in [4.78, 5) is 24.7. The molecule has 8 nitrogen and oxygen atoms in total. The van der Waals surface area contributed by atoms with Crippen LogP contribution >= 0.6 is 0 Å². The van der Waals surface area contributed by atoms with E-state index >= 15 is 0 Å². The molecule has 8 heteroatoms. The van der Waals surface area contributed by atoms with Gasteiger partial charge in [-0.2, -0.15) is 5.10 Å². The van der Waals surface area contributed by atoms with E-state index < -0.39 is 11.5 Å². The van der Waals surface area contributed by atoms with Gasteiger partial charge in [0.1, 0.15) is 11.4 Å². The molecule has 1 saturated carbocycles. The van der Waals surface area contributed by atoms with Crippen LogP contribution in [-0.2, 0) is 7.05 Å². The molecule has 116 valence electrons. The largest absolute Gasteiger partial charge is 0.294 e. The molecule has 3 rings (SSSR count). The Bertz CT molecular complexity index is 815. The number of aromatic nitrogens is 5. The minimum atomic E-state index is -0.474. The Morgan fingerprint density at radius 2 is 1.91 bits per heavy atom. The topological polar surface area (TPSA) is 94.7 Å². The predicted octanol–water partition coefficient (Wildman–Crippen LogP) is 0.884. The van der Waals surface area contributed by atoms with E-state index in [1.165, 1.54) is 11.7 Å². The molecule has 1 amide bonds. The highest BCUT2D eigenvalue weighted by Gasteiger charge is 2.29. The van der Waals surface area contributed by atoms with Crippen molar-refractivity contribution in [3.8, 4) is 0 Å². The van der Waals surface area contributed by atoms with Gasteiger partial charge in [-0.05, 0) is 39.2 Å². The van der Waals surface area contributed by atoms with Crippen LogP contribution in [0.25, 0.3) is 0 Å². The minimum absolute atomic E-state index is 0.0954. The minimum Gasteiger partial charge on any atom is -0.294 e. The fraction of sp³-hybridized carbons (Fsp3) is 0.500. The number of hydrogen-bond acceptors (Lipinski definition) is 5. The number of nitrogens with one attached hydrogen (secondary N) is 1. The molecule has 0 aliphatic heterocycles. The lowest BCUT2D eigenvalue weighted by Crippen LogP contribution is -2.32. The van der Waals surface area contributed by atoms with Gasteiger partial charge >= 0.3 is 0 Å². The van der Waals surface area contributed by atoms with Gasteiger partial charge in [-0.3, -0.25) is 19.5 Å². The van der Waals surface area contributed by atoms with Gasteiger partial charge in [0, 0.05) is 13.1 Å². The van der Waals surface area contributed by atoms with Crippen molar-refractivity contribution < 1.29 is 4.79 Å². The van der Waals surface area contributed by atoms with Crippen molar-refractivity contribution in [3.05, 3.63) is 33.0 Å². The fourth-order valence-corrected chi connectivity index (χ4v) is 2.50. The Kier molecular flexibility index (Phi) is 3.31. The van der Waals surface area contributed by atoms with Crippen LogP contribution in [-0.4, -0.2) is 30.5 Å². The molecule has 1 aliphatic carbocycles. The number of aryl methyl sites for hydroxylation is 3. The number of rotatable bonds is 3. The van der Waals surface area contributed by atoms with Crippen molar-refractivity contribution in [2.75, 3.05) is 5.32 Å². The van der Waals surface area contributed by atoms with Gasteiger partial charge in [-0.25, -0.2) is 4.68 Å². The van der Waals surface area contributed by atoms with Crippen LogP contribution in [0.5, 0.6) is 0 Å². The normalized spacial score (nSPS) is 14.2. The lowest BCUT2D eigenvalue weighted by molar-refractivity contribution is 0.102. The summed E-state index contributed by atoms with van der Waals surface area (Å²) in [6.07, 6.45) is 2.10. The van der Waals surface area contributed by atoms with Crippen molar-refractivity contribution in [3.63, 3.8) is 0 Å². The number of anilines is 1. The van der Waals surface area contributed by atoms with Crippen LogP contribution in [0.1, 0.15) is 46.3 Å². The molecule has 0 atom stereocenters. The van der Waals surface area contributed by atoms with Crippen LogP contribution in [0.2, 0.25) is 0 Å². The molecule has 0 radical (unpaired) electrons. The van der Waals surface area contributed by atoms with Crippen LogP contribution in [0.15, 0.2) is 4.79 Å².